The summed E-state index contributed by atoms with van der Waals surface area (Å²) in [6, 6.07) is 0.430. The summed E-state index contributed by atoms with van der Waals surface area (Å²) in [6.45, 7) is 3.04. The van der Waals surface area contributed by atoms with Crippen LogP contribution in [-0.4, -0.2) is 61.5 Å². The van der Waals surface area contributed by atoms with E-state index < -0.39 is 0 Å². The molecule has 1 aliphatic heterocycles. The van der Waals surface area contributed by atoms with Crippen LogP contribution in [0.1, 0.15) is 0 Å². The van der Waals surface area contributed by atoms with Crippen LogP contribution in [0.25, 0.3) is 0 Å². The summed E-state index contributed by atoms with van der Waals surface area (Å²) in [5.74, 6) is 0.410. The van der Waals surface area contributed by atoms with Gasteiger partial charge in [0.05, 0.1) is 26.9 Å². The molecule has 8 heteroatoms. The van der Waals surface area contributed by atoms with Crippen molar-refractivity contribution in [1.82, 2.24) is 20.3 Å². The lowest BCUT2D eigenvalue weighted by atomic mass is 10.3. The lowest BCUT2D eigenvalue weighted by Crippen LogP contribution is -2.42. The fraction of sp³-hybridized carbons (Fsp3) is 0.700. The number of aromatic nitrogens is 3. The van der Waals surface area contributed by atoms with E-state index in [1.165, 1.54) is 14.2 Å². The van der Waals surface area contributed by atoms with Crippen LogP contribution in [0.15, 0.2) is 0 Å². The molecular weight excluding hydrogens is 238 g/mol. The third-order valence-corrected chi connectivity index (χ3v) is 2.45. The standard InChI is InChI=1S/C10H17N5O3/c1-16-9-13-8(14-10(15-9)17-2)12-6-7-5-11-3-4-18-7/h7,11H,3-6H2,1-2H3,(H,12,13,14,15). The molecule has 0 saturated carbocycles. The Labute approximate surface area is 105 Å². The molecule has 0 aromatic carbocycles. The van der Waals surface area contributed by atoms with Crippen LogP contribution in [0.5, 0.6) is 12.0 Å². The monoisotopic (exact) mass is 255 g/mol. The first-order valence-corrected chi connectivity index (χ1v) is 5.72. The molecule has 8 nitrogen and oxygen atoms in total. The number of ether oxygens (including phenoxy) is 3. The molecule has 0 amide bonds. The molecule has 1 aromatic rings. The number of rotatable bonds is 5. The first-order valence-electron chi connectivity index (χ1n) is 5.72. The highest BCUT2D eigenvalue weighted by molar-refractivity contribution is 5.27. The molecule has 0 bridgehead atoms. The summed E-state index contributed by atoms with van der Waals surface area (Å²) >= 11 is 0. The zero-order chi connectivity index (χ0) is 12.8. The van der Waals surface area contributed by atoms with Gasteiger partial charge in [-0.2, -0.15) is 9.97 Å². The maximum absolute atomic E-state index is 5.55. The van der Waals surface area contributed by atoms with E-state index in [1.54, 1.807) is 0 Å². The van der Waals surface area contributed by atoms with E-state index in [2.05, 4.69) is 25.6 Å². The molecule has 2 rings (SSSR count). The van der Waals surface area contributed by atoms with Gasteiger partial charge >= 0.3 is 12.0 Å². The predicted molar refractivity (Wildman–Crippen MR) is 64.0 cm³/mol. The van der Waals surface area contributed by atoms with Gasteiger partial charge in [-0.15, -0.1) is 4.98 Å². The highest BCUT2D eigenvalue weighted by Gasteiger charge is 2.14. The van der Waals surface area contributed by atoms with Gasteiger partial charge in [-0.25, -0.2) is 0 Å². The van der Waals surface area contributed by atoms with Gasteiger partial charge in [-0.05, 0) is 0 Å². The third kappa shape index (κ3) is 3.41. The first kappa shape index (κ1) is 12.8. The van der Waals surface area contributed by atoms with Crippen molar-refractivity contribution >= 4 is 5.95 Å². The molecule has 1 saturated heterocycles. The summed E-state index contributed by atoms with van der Waals surface area (Å²) in [7, 11) is 2.99. The molecular formula is C10H17N5O3. The second kappa shape index (κ2) is 6.31. The maximum Gasteiger partial charge on any atom is 0.324 e. The SMILES string of the molecule is COc1nc(NCC2CNCCO2)nc(OC)n1. The van der Waals surface area contributed by atoms with Crippen molar-refractivity contribution in [1.29, 1.82) is 0 Å². The minimum absolute atomic E-state index is 0.104. The van der Waals surface area contributed by atoms with Gasteiger partial charge in [-0.3, -0.25) is 0 Å². The van der Waals surface area contributed by atoms with Gasteiger partial charge in [0.25, 0.3) is 0 Å². The zero-order valence-corrected chi connectivity index (χ0v) is 10.5. The van der Waals surface area contributed by atoms with Gasteiger partial charge in [0.15, 0.2) is 0 Å². The lowest BCUT2D eigenvalue weighted by Gasteiger charge is -2.23. The third-order valence-electron chi connectivity index (χ3n) is 2.45. The summed E-state index contributed by atoms with van der Waals surface area (Å²) in [5, 5.41) is 6.33. The lowest BCUT2D eigenvalue weighted by molar-refractivity contribution is 0.0371. The number of methoxy groups -OCH3 is 2. The Balaban J connectivity index is 1.94. The van der Waals surface area contributed by atoms with E-state index in [9.17, 15) is 0 Å². The summed E-state index contributed by atoms with van der Waals surface area (Å²) in [4.78, 5) is 12.1. The topological polar surface area (TPSA) is 90.4 Å². The molecule has 100 valence electrons. The molecule has 1 unspecified atom stereocenters. The zero-order valence-electron chi connectivity index (χ0n) is 10.5. The first-order chi connectivity index (χ1) is 8.81. The van der Waals surface area contributed by atoms with E-state index in [1.807, 2.05) is 0 Å². The summed E-state index contributed by atoms with van der Waals surface area (Å²) in [5.41, 5.74) is 0. The molecule has 1 fully saturated rings. The fourth-order valence-corrected chi connectivity index (χ4v) is 1.56. The minimum Gasteiger partial charge on any atom is -0.467 e. The van der Waals surface area contributed by atoms with Crippen molar-refractivity contribution in [2.75, 3.05) is 45.8 Å². The molecule has 0 aliphatic carbocycles. The van der Waals surface area contributed by atoms with Gasteiger partial charge in [0.1, 0.15) is 0 Å². The van der Waals surface area contributed by atoms with E-state index in [4.69, 9.17) is 14.2 Å². The van der Waals surface area contributed by atoms with Crippen molar-refractivity contribution in [2.24, 2.45) is 0 Å². The molecule has 1 aliphatic rings. The number of nitrogens with zero attached hydrogens (tertiary/aromatic N) is 3. The molecule has 1 aromatic heterocycles. The van der Waals surface area contributed by atoms with Crippen molar-refractivity contribution < 1.29 is 14.2 Å². The maximum atomic E-state index is 5.55. The number of hydrogen-bond donors (Lipinski definition) is 2. The normalized spacial score (nSPS) is 19.3. The Hall–Kier alpha value is -1.67. The van der Waals surface area contributed by atoms with E-state index >= 15 is 0 Å². The molecule has 0 spiro atoms. The fourth-order valence-electron chi connectivity index (χ4n) is 1.56. The van der Waals surface area contributed by atoms with Crippen LogP contribution in [0, 0.1) is 0 Å². The molecule has 2 N–H and O–H groups in total. The molecule has 18 heavy (non-hydrogen) atoms. The second-order valence-corrected chi connectivity index (χ2v) is 3.71. The van der Waals surface area contributed by atoms with Crippen LogP contribution in [-0.2, 0) is 4.74 Å². The van der Waals surface area contributed by atoms with Crippen molar-refractivity contribution in [2.45, 2.75) is 6.10 Å². The number of morpholine rings is 1. The van der Waals surface area contributed by atoms with E-state index in [0.717, 1.165) is 19.7 Å². The smallest absolute Gasteiger partial charge is 0.324 e. The molecule has 0 radical (unpaired) electrons. The minimum atomic E-state index is 0.104. The number of anilines is 1. The highest BCUT2D eigenvalue weighted by Crippen LogP contribution is 2.12. The van der Waals surface area contributed by atoms with Gasteiger partial charge in [-0.1, -0.05) is 0 Å². The molecule has 1 atom stereocenters. The molecule has 2 heterocycles. The average molecular weight is 255 g/mol. The van der Waals surface area contributed by atoms with Crippen molar-refractivity contribution in [3.8, 4) is 12.0 Å². The van der Waals surface area contributed by atoms with Gasteiger partial charge < -0.3 is 24.8 Å². The summed E-state index contributed by atoms with van der Waals surface area (Å²) < 4.78 is 15.5. The Bertz CT molecular complexity index is 362. The highest BCUT2D eigenvalue weighted by atomic mass is 16.5. The largest absolute Gasteiger partial charge is 0.467 e. The number of hydrogen-bond acceptors (Lipinski definition) is 8. The second-order valence-electron chi connectivity index (χ2n) is 3.71. The Morgan fingerprint density at radius 1 is 1.28 bits per heavy atom. The van der Waals surface area contributed by atoms with Crippen molar-refractivity contribution in [3.63, 3.8) is 0 Å². The summed E-state index contributed by atoms with van der Waals surface area (Å²) in [6.07, 6.45) is 0.104. The Morgan fingerprint density at radius 2 is 2.00 bits per heavy atom. The van der Waals surface area contributed by atoms with Gasteiger partial charge in [0.2, 0.25) is 5.95 Å². The predicted octanol–water partition coefficient (Wildman–Crippen LogP) is -0.711. The van der Waals surface area contributed by atoms with E-state index in [0.29, 0.717) is 12.5 Å². The average Bonchev–Trinajstić information content (AvgIpc) is 2.45. The van der Waals surface area contributed by atoms with Crippen LogP contribution >= 0.6 is 0 Å². The van der Waals surface area contributed by atoms with Crippen molar-refractivity contribution in [3.05, 3.63) is 0 Å². The Morgan fingerprint density at radius 3 is 2.56 bits per heavy atom. The van der Waals surface area contributed by atoms with Crippen LogP contribution in [0.2, 0.25) is 0 Å². The van der Waals surface area contributed by atoms with Gasteiger partial charge in [0, 0.05) is 19.6 Å². The van der Waals surface area contributed by atoms with Crippen LogP contribution in [0.4, 0.5) is 5.95 Å². The van der Waals surface area contributed by atoms with Crippen LogP contribution in [0.3, 0.4) is 0 Å². The number of nitrogens with one attached hydrogen (secondary N) is 2. The quantitative estimate of drug-likeness (QED) is 0.713. The van der Waals surface area contributed by atoms with Crippen LogP contribution < -0.4 is 20.1 Å². The Kier molecular flexibility index (Phi) is 4.48. The van der Waals surface area contributed by atoms with E-state index in [-0.39, 0.29) is 18.1 Å².